The van der Waals surface area contributed by atoms with Gasteiger partial charge >= 0.3 is 0 Å². The van der Waals surface area contributed by atoms with Crippen molar-refractivity contribution in [1.29, 1.82) is 0 Å². The Hall–Kier alpha value is -2.26. The molecule has 4 rings (SSSR count). The molecule has 2 heterocycles. The van der Waals surface area contributed by atoms with E-state index < -0.39 is 0 Å². The normalized spacial score (nSPS) is 11.1. The van der Waals surface area contributed by atoms with Gasteiger partial charge in [-0.3, -0.25) is 9.69 Å². The molecule has 2 aromatic heterocycles. The smallest absolute Gasteiger partial charge is 0.289 e. The van der Waals surface area contributed by atoms with Gasteiger partial charge in [-0.1, -0.05) is 23.5 Å². The van der Waals surface area contributed by atoms with E-state index in [0.29, 0.717) is 16.7 Å². The van der Waals surface area contributed by atoms with Crippen LogP contribution in [0.4, 0.5) is 5.13 Å². The Morgan fingerprint density at radius 2 is 1.77 bits per heavy atom. The first-order chi connectivity index (χ1) is 14.0. The number of carbonyl (C=O) groups is 1. The minimum Gasteiger partial charge on any atom is -1.00 e. The van der Waals surface area contributed by atoms with Crippen molar-refractivity contribution in [2.24, 2.45) is 0 Å². The number of thiazole rings is 2. The second kappa shape index (κ2) is 9.70. The van der Waals surface area contributed by atoms with Crippen molar-refractivity contribution in [3.63, 3.8) is 0 Å². The summed E-state index contributed by atoms with van der Waals surface area (Å²) in [5, 5.41) is 1.18. The van der Waals surface area contributed by atoms with E-state index in [1.54, 1.807) is 12.0 Å². The third-order valence-electron chi connectivity index (χ3n) is 4.52. The highest BCUT2D eigenvalue weighted by Crippen LogP contribution is 2.33. The fourth-order valence-corrected chi connectivity index (χ4v) is 4.93. The Bertz CT molecular complexity index is 1130. The highest BCUT2D eigenvalue weighted by Gasteiger charge is 2.24. The van der Waals surface area contributed by atoms with Gasteiger partial charge in [-0.05, 0) is 51.3 Å². The summed E-state index contributed by atoms with van der Waals surface area (Å²) in [5.74, 6) is 0.655. The number of carbonyl (C=O) groups excluding carboxylic acids is 1. The molecule has 0 radical (unpaired) electrons. The summed E-state index contributed by atoms with van der Waals surface area (Å²) in [4.78, 5) is 26.6. The molecular weight excluding hydrogens is 440 g/mol. The standard InChI is InChI=1S/C21H22N4O2S2.ClH/c1-24(2)11-6-12-25(20(26)19-22-15-7-4-5-8-17(15)28-19)21-23-16-13-14(27-3)9-10-18(16)29-21;/h4-5,7-10,13H,6,11-12H2,1-3H3;1H/p-1. The van der Waals surface area contributed by atoms with E-state index in [1.165, 1.54) is 22.7 Å². The molecule has 0 fully saturated rings. The lowest BCUT2D eigenvalue weighted by molar-refractivity contribution is -0.0000137. The fraction of sp³-hybridized carbons (Fsp3) is 0.286. The van der Waals surface area contributed by atoms with Crippen LogP contribution >= 0.6 is 22.7 Å². The van der Waals surface area contributed by atoms with E-state index >= 15 is 0 Å². The molecule has 0 aliphatic rings. The first-order valence-electron chi connectivity index (χ1n) is 9.32. The van der Waals surface area contributed by atoms with E-state index in [0.717, 1.165) is 39.1 Å². The molecule has 0 unspecified atom stereocenters. The average molecular weight is 462 g/mol. The fourth-order valence-electron chi connectivity index (χ4n) is 3.05. The lowest BCUT2D eigenvalue weighted by atomic mass is 10.3. The Kier molecular flexibility index (Phi) is 7.25. The molecule has 0 saturated carbocycles. The number of nitrogens with zero attached hydrogens (tertiary/aromatic N) is 4. The molecule has 0 atom stereocenters. The Balaban J connectivity index is 0.00000256. The molecule has 0 spiro atoms. The van der Waals surface area contributed by atoms with Crippen LogP contribution in [0.25, 0.3) is 20.4 Å². The summed E-state index contributed by atoms with van der Waals surface area (Å²) < 4.78 is 7.34. The maximum atomic E-state index is 13.4. The summed E-state index contributed by atoms with van der Waals surface area (Å²) in [6, 6.07) is 13.6. The molecule has 9 heteroatoms. The number of ether oxygens (including phenoxy) is 1. The predicted molar refractivity (Wildman–Crippen MR) is 121 cm³/mol. The van der Waals surface area contributed by atoms with Crippen LogP contribution in [0.1, 0.15) is 16.2 Å². The van der Waals surface area contributed by atoms with Gasteiger partial charge in [0.1, 0.15) is 5.75 Å². The monoisotopic (exact) mass is 461 g/mol. The molecule has 1 amide bonds. The molecule has 4 aromatic rings. The zero-order valence-electron chi connectivity index (χ0n) is 17.0. The van der Waals surface area contributed by atoms with Crippen LogP contribution in [0.5, 0.6) is 5.75 Å². The summed E-state index contributed by atoms with van der Waals surface area (Å²) >= 11 is 2.94. The summed E-state index contributed by atoms with van der Waals surface area (Å²) in [6.45, 7) is 1.48. The van der Waals surface area contributed by atoms with Crippen molar-refractivity contribution in [3.8, 4) is 5.75 Å². The van der Waals surface area contributed by atoms with Crippen LogP contribution in [0, 0.1) is 0 Å². The second-order valence-corrected chi connectivity index (χ2v) is 8.97. The number of methoxy groups -OCH3 is 1. The van der Waals surface area contributed by atoms with Gasteiger partial charge in [0.25, 0.3) is 5.91 Å². The molecule has 0 aliphatic carbocycles. The molecule has 0 N–H and O–H groups in total. The molecule has 0 bridgehead atoms. The maximum absolute atomic E-state index is 13.4. The number of benzene rings is 2. The summed E-state index contributed by atoms with van der Waals surface area (Å²) in [5.41, 5.74) is 1.68. The Labute approximate surface area is 189 Å². The number of rotatable bonds is 7. The van der Waals surface area contributed by atoms with Crippen molar-refractivity contribution < 1.29 is 21.9 Å². The number of halogens is 1. The SMILES string of the molecule is COc1ccc2sc(N(CCCN(C)C)C(=O)c3nc4ccccc4s3)nc2c1.[Cl-]. The van der Waals surface area contributed by atoms with Gasteiger partial charge in [0.2, 0.25) is 0 Å². The van der Waals surface area contributed by atoms with E-state index in [1.807, 2.05) is 56.6 Å². The largest absolute Gasteiger partial charge is 1.00 e. The van der Waals surface area contributed by atoms with Gasteiger partial charge in [0, 0.05) is 12.6 Å². The first-order valence-corrected chi connectivity index (χ1v) is 10.9. The molecule has 30 heavy (non-hydrogen) atoms. The molecule has 0 aliphatic heterocycles. The van der Waals surface area contributed by atoms with Crippen molar-refractivity contribution in [1.82, 2.24) is 14.9 Å². The van der Waals surface area contributed by atoms with Crippen molar-refractivity contribution in [2.75, 3.05) is 39.2 Å². The van der Waals surface area contributed by atoms with Crippen LogP contribution in [0.15, 0.2) is 42.5 Å². The number of hydrogen-bond acceptors (Lipinski definition) is 7. The third-order valence-corrected chi connectivity index (χ3v) is 6.61. The average Bonchev–Trinajstić information content (AvgIpc) is 3.33. The van der Waals surface area contributed by atoms with Crippen molar-refractivity contribution in [2.45, 2.75) is 6.42 Å². The van der Waals surface area contributed by atoms with Crippen LogP contribution in [0.3, 0.4) is 0 Å². The second-order valence-electron chi connectivity index (χ2n) is 6.93. The highest BCUT2D eigenvalue weighted by molar-refractivity contribution is 7.23. The number of hydrogen-bond donors (Lipinski definition) is 0. The van der Waals surface area contributed by atoms with Crippen LogP contribution < -0.4 is 22.0 Å². The van der Waals surface area contributed by atoms with E-state index in [9.17, 15) is 4.79 Å². The van der Waals surface area contributed by atoms with Crippen LogP contribution in [-0.2, 0) is 0 Å². The van der Waals surface area contributed by atoms with Crippen molar-refractivity contribution in [3.05, 3.63) is 47.5 Å². The first kappa shape index (κ1) is 22.4. The van der Waals surface area contributed by atoms with Gasteiger partial charge < -0.3 is 22.0 Å². The Morgan fingerprint density at radius 3 is 2.50 bits per heavy atom. The van der Waals surface area contributed by atoms with Crippen LogP contribution in [-0.4, -0.2) is 55.1 Å². The van der Waals surface area contributed by atoms with Gasteiger partial charge in [-0.2, -0.15) is 0 Å². The molecule has 2 aromatic carbocycles. The van der Waals surface area contributed by atoms with E-state index in [4.69, 9.17) is 9.72 Å². The maximum Gasteiger partial charge on any atom is 0.289 e. The van der Waals surface area contributed by atoms with E-state index in [2.05, 4.69) is 9.88 Å². The van der Waals surface area contributed by atoms with E-state index in [-0.39, 0.29) is 18.3 Å². The van der Waals surface area contributed by atoms with Gasteiger partial charge in [-0.15, -0.1) is 11.3 Å². The summed E-state index contributed by atoms with van der Waals surface area (Å²) in [6.07, 6.45) is 0.850. The molecule has 158 valence electrons. The zero-order chi connectivity index (χ0) is 20.4. The molecule has 0 saturated heterocycles. The topological polar surface area (TPSA) is 58.6 Å². The number of anilines is 1. The van der Waals surface area contributed by atoms with Crippen molar-refractivity contribution >= 4 is 54.1 Å². The van der Waals surface area contributed by atoms with Gasteiger partial charge in [0.05, 0.1) is 27.5 Å². The minimum atomic E-state index is -0.101. The zero-order valence-corrected chi connectivity index (χ0v) is 19.4. The highest BCUT2D eigenvalue weighted by atomic mass is 35.5. The molecular formula is C21H22ClN4O2S2-. The number of amides is 1. The lowest BCUT2D eigenvalue weighted by Crippen LogP contribution is -3.00. The molecule has 6 nitrogen and oxygen atoms in total. The minimum absolute atomic E-state index is 0. The third kappa shape index (κ3) is 4.73. The van der Waals surface area contributed by atoms with Gasteiger partial charge in [-0.25, -0.2) is 9.97 Å². The lowest BCUT2D eigenvalue weighted by Gasteiger charge is -2.19. The number of para-hydroxylation sites is 1. The quantitative estimate of drug-likeness (QED) is 0.417. The van der Waals surface area contributed by atoms with Crippen LogP contribution in [0.2, 0.25) is 0 Å². The Morgan fingerprint density at radius 1 is 1.00 bits per heavy atom. The predicted octanol–water partition coefficient (Wildman–Crippen LogP) is 1.52. The number of fused-ring (bicyclic) bond motifs is 2. The summed E-state index contributed by atoms with van der Waals surface area (Å²) in [7, 11) is 5.70. The number of aromatic nitrogens is 2. The van der Waals surface area contributed by atoms with Gasteiger partial charge in [0.15, 0.2) is 10.1 Å².